The molecule has 0 saturated carbocycles. The second-order valence-corrected chi connectivity index (χ2v) is 4.16. The molecule has 17 heavy (non-hydrogen) atoms. The van der Waals surface area contributed by atoms with Crippen molar-refractivity contribution in [2.75, 3.05) is 13.7 Å². The van der Waals surface area contributed by atoms with Crippen molar-refractivity contribution in [3.05, 3.63) is 23.4 Å². The van der Waals surface area contributed by atoms with Crippen molar-refractivity contribution in [2.24, 2.45) is 0 Å². The lowest BCUT2D eigenvalue weighted by atomic mass is 10.2. The summed E-state index contributed by atoms with van der Waals surface area (Å²) in [6, 6.07) is 3.14. The van der Waals surface area contributed by atoms with Gasteiger partial charge in [0, 0.05) is 19.2 Å². The van der Waals surface area contributed by atoms with Crippen LogP contribution in [0, 0.1) is 0 Å². The second kappa shape index (κ2) is 5.33. The summed E-state index contributed by atoms with van der Waals surface area (Å²) < 4.78 is 10.3. The summed E-state index contributed by atoms with van der Waals surface area (Å²) >= 11 is 5.93. The molecule has 2 unspecified atom stereocenters. The average molecular weight is 257 g/mol. The highest BCUT2D eigenvalue weighted by atomic mass is 35.5. The van der Waals surface area contributed by atoms with Crippen molar-refractivity contribution in [1.82, 2.24) is 10.3 Å². The molecule has 0 aliphatic carbocycles. The zero-order valence-corrected chi connectivity index (χ0v) is 10.1. The fraction of sp³-hybridized carbons (Fsp3) is 0.455. The minimum atomic E-state index is -0.313. The fourth-order valence-electron chi connectivity index (χ4n) is 1.73. The number of hydrogen-bond donors (Lipinski definition) is 1. The molecule has 5 nitrogen and oxygen atoms in total. The predicted octanol–water partition coefficient (Wildman–Crippen LogP) is 1.02. The van der Waals surface area contributed by atoms with Crippen molar-refractivity contribution in [3.63, 3.8) is 0 Å². The molecule has 1 aromatic heterocycles. The molecule has 2 atom stereocenters. The van der Waals surface area contributed by atoms with Crippen LogP contribution in [0.25, 0.3) is 0 Å². The van der Waals surface area contributed by atoms with Crippen LogP contribution in [-0.2, 0) is 9.53 Å². The van der Waals surface area contributed by atoms with Gasteiger partial charge < -0.3 is 14.8 Å². The lowest BCUT2D eigenvalue weighted by Crippen LogP contribution is -2.31. The molecule has 2 heterocycles. The van der Waals surface area contributed by atoms with E-state index in [2.05, 4.69) is 15.0 Å². The Morgan fingerprint density at radius 3 is 3.18 bits per heavy atom. The van der Waals surface area contributed by atoms with Crippen molar-refractivity contribution in [2.45, 2.75) is 18.6 Å². The van der Waals surface area contributed by atoms with Crippen LogP contribution in [0.1, 0.15) is 6.42 Å². The third kappa shape index (κ3) is 2.87. The molecule has 1 aliphatic rings. The van der Waals surface area contributed by atoms with Gasteiger partial charge in [-0.2, -0.15) is 0 Å². The summed E-state index contributed by atoms with van der Waals surface area (Å²) in [6.45, 7) is 0.576. The SMILES string of the molecule is COC(=O)C1CC(Oc2ncccc2Cl)CN1. The quantitative estimate of drug-likeness (QED) is 0.818. The van der Waals surface area contributed by atoms with Crippen LogP contribution in [0.5, 0.6) is 5.88 Å². The zero-order valence-electron chi connectivity index (χ0n) is 9.35. The smallest absolute Gasteiger partial charge is 0.323 e. The molecule has 0 aromatic carbocycles. The van der Waals surface area contributed by atoms with E-state index < -0.39 is 0 Å². The number of pyridine rings is 1. The van der Waals surface area contributed by atoms with E-state index in [0.717, 1.165) is 0 Å². The topological polar surface area (TPSA) is 60.5 Å². The van der Waals surface area contributed by atoms with E-state index in [9.17, 15) is 4.79 Å². The number of carbonyl (C=O) groups excluding carboxylic acids is 1. The monoisotopic (exact) mass is 256 g/mol. The Morgan fingerprint density at radius 1 is 1.65 bits per heavy atom. The highest BCUT2D eigenvalue weighted by molar-refractivity contribution is 6.31. The Labute approximate surface area is 104 Å². The summed E-state index contributed by atoms with van der Waals surface area (Å²) in [5, 5.41) is 3.49. The summed E-state index contributed by atoms with van der Waals surface area (Å²) in [5.74, 6) is 0.120. The number of ether oxygens (including phenoxy) is 2. The van der Waals surface area contributed by atoms with Crippen LogP contribution in [0.15, 0.2) is 18.3 Å². The van der Waals surface area contributed by atoms with Crippen molar-refractivity contribution >= 4 is 17.6 Å². The molecular weight excluding hydrogens is 244 g/mol. The molecule has 0 bridgehead atoms. The summed E-state index contributed by atoms with van der Waals surface area (Å²) in [5.41, 5.74) is 0. The van der Waals surface area contributed by atoms with Gasteiger partial charge in [0.1, 0.15) is 17.2 Å². The van der Waals surface area contributed by atoms with E-state index in [-0.39, 0.29) is 18.1 Å². The molecule has 2 rings (SSSR count). The lowest BCUT2D eigenvalue weighted by molar-refractivity contribution is -0.142. The highest BCUT2D eigenvalue weighted by Crippen LogP contribution is 2.23. The second-order valence-electron chi connectivity index (χ2n) is 3.75. The van der Waals surface area contributed by atoms with Gasteiger partial charge in [-0.1, -0.05) is 11.6 Å². The number of nitrogens with zero attached hydrogens (tertiary/aromatic N) is 1. The number of hydrogen-bond acceptors (Lipinski definition) is 5. The summed E-state index contributed by atoms with van der Waals surface area (Å²) in [4.78, 5) is 15.3. The maximum absolute atomic E-state index is 11.3. The molecule has 1 aliphatic heterocycles. The minimum Gasteiger partial charge on any atom is -0.472 e. The van der Waals surface area contributed by atoms with Gasteiger partial charge in [-0.15, -0.1) is 0 Å². The molecule has 1 saturated heterocycles. The number of esters is 1. The van der Waals surface area contributed by atoms with Gasteiger partial charge in [0.15, 0.2) is 0 Å². The Balaban J connectivity index is 1.94. The third-order valence-electron chi connectivity index (χ3n) is 2.58. The Bertz CT molecular complexity index is 413. The van der Waals surface area contributed by atoms with Gasteiger partial charge in [-0.25, -0.2) is 4.98 Å². The summed E-state index contributed by atoms with van der Waals surface area (Å²) in [6.07, 6.45) is 2.05. The van der Waals surface area contributed by atoms with Crippen molar-refractivity contribution in [1.29, 1.82) is 0 Å². The van der Waals surface area contributed by atoms with E-state index in [1.807, 2.05) is 0 Å². The first-order valence-corrected chi connectivity index (χ1v) is 5.67. The number of halogens is 1. The summed E-state index contributed by atoms with van der Waals surface area (Å²) in [7, 11) is 1.37. The van der Waals surface area contributed by atoms with Gasteiger partial charge >= 0.3 is 5.97 Å². The third-order valence-corrected chi connectivity index (χ3v) is 2.87. The van der Waals surface area contributed by atoms with Gasteiger partial charge in [0.2, 0.25) is 5.88 Å². The number of rotatable bonds is 3. The molecule has 0 amide bonds. The normalized spacial score (nSPS) is 23.4. The van der Waals surface area contributed by atoms with Gasteiger partial charge in [0.05, 0.1) is 7.11 Å². The number of aromatic nitrogens is 1. The molecule has 1 fully saturated rings. The lowest BCUT2D eigenvalue weighted by Gasteiger charge is -2.12. The van der Waals surface area contributed by atoms with Crippen LogP contribution < -0.4 is 10.1 Å². The Hall–Kier alpha value is -1.33. The first-order chi connectivity index (χ1) is 8.20. The molecule has 1 N–H and O–H groups in total. The van der Waals surface area contributed by atoms with Crippen LogP contribution in [0.3, 0.4) is 0 Å². The van der Waals surface area contributed by atoms with Crippen LogP contribution in [0.4, 0.5) is 0 Å². The average Bonchev–Trinajstić information content (AvgIpc) is 2.80. The molecule has 0 spiro atoms. The number of nitrogens with one attached hydrogen (secondary N) is 1. The molecule has 1 aromatic rings. The number of methoxy groups -OCH3 is 1. The van der Waals surface area contributed by atoms with E-state index in [1.165, 1.54) is 7.11 Å². The Morgan fingerprint density at radius 2 is 2.47 bits per heavy atom. The van der Waals surface area contributed by atoms with Crippen molar-refractivity contribution < 1.29 is 14.3 Å². The van der Waals surface area contributed by atoms with Gasteiger partial charge in [0.25, 0.3) is 0 Å². The molecular formula is C11H13ClN2O3. The standard InChI is InChI=1S/C11H13ClN2O3/c1-16-11(15)9-5-7(6-14-9)17-10-8(12)3-2-4-13-10/h2-4,7,9,14H,5-6H2,1H3. The van der Waals surface area contributed by atoms with E-state index in [0.29, 0.717) is 23.9 Å². The van der Waals surface area contributed by atoms with Crippen LogP contribution in [-0.4, -0.2) is 36.8 Å². The van der Waals surface area contributed by atoms with Crippen LogP contribution in [0.2, 0.25) is 5.02 Å². The van der Waals surface area contributed by atoms with Crippen molar-refractivity contribution in [3.8, 4) is 5.88 Å². The highest BCUT2D eigenvalue weighted by Gasteiger charge is 2.31. The minimum absolute atomic E-state index is 0.119. The zero-order chi connectivity index (χ0) is 12.3. The fourth-order valence-corrected chi connectivity index (χ4v) is 1.90. The maximum atomic E-state index is 11.3. The molecule has 0 radical (unpaired) electrons. The first kappa shape index (κ1) is 12.1. The Kier molecular flexibility index (Phi) is 3.81. The van der Waals surface area contributed by atoms with E-state index >= 15 is 0 Å². The molecule has 6 heteroatoms. The van der Waals surface area contributed by atoms with E-state index in [1.54, 1.807) is 18.3 Å². The van der Waals surface area contributed by atoms with Crippen LogP contribution >= 0.6 is 11.6 Å². The predicted molar refractivity (Wildman–Crippen MR) is 62.1 cm³/mol. The largest absolute Gasteiger partial charge is 0.472 e. The molecule has 92 valence electrons. The first-order valence-electron chi connectivity index (χ1n) is 5.29. The number of carbonyl (C=O) groups is 1. The maximum Gasteiger partial charge on any atom is 0.323 e. The van der Waals surface area contributed by atoms with Gasteiger partial charge in [-0.05, 0) is 12.1 Å². The van der Waals surface area contributed by atoms with Gasteiger partial charge in [-0.3, -0.25) is 4.79 Å². The van der Waals surface area contributed by atoms with E-state index in [4.69, 9.17) is 16.3 Å².